The Kier molecular flexibility index (Phi) is 4.80. The Hall–Kier alpha value is -1.80. The second-order valence-electron chi connectivity index (χ2n) is 5.29. The SMILES string of the molecule is COc1ccc(C)cc1C(O)CCc1ccc(C)cc1. The summed E-state index contributed by atoms with van der Waals surface area (Å²) in [6, 6.07) is 14.4. The Morgan fingerprint density at radius 3 is 2.30 bits per heavy atom. The van der Waals surface area contributed by atoms with Crippen LogP contribution >= 0.6 is 0 Å². The first kappa shape index (κ1) is 14.6. The molecule has 0 bridgehead atoms. The largest absolute Gasteiger partial charge is 0.496 e. The molecule has 0 aromatic heterocycles. The summed E-state index contributed by atoms with van der Waals surface area (Å²) in [4.78, 5) is 0. The van der Waals surface area contributed by atoms with E-state index in [0.717, 1.165) is 23.3 Å². The molecule has 2 heteroatoms. The summed E-state index contributed by atoms with van der Waals surface area (Å²) in [7, 11) is 1.64. The minimum absolute atomic E-state index is 0.494. The van der Waals surface area contributed by atoms with Gasteiger partial charge in [-0.25, -0.2) is 0 Å². The maximum Gasteiger partial charge on any atom is 0.124 e. The molecule has 1 unspecified atom stereocenters. The smallest absolute Gasteiger partial charge is 0.124 e. The first-order valence-corrected chi connectivity index (χ1v) is 6.98. The highest BCUT2D eigenvalue weighted by Gasteiger charge is 2.13. The normalized spacial score (nSPS) is 12.2. The maximum atomic E-state index is 10.4. The maximum absolute atomic E-state index is 10.4. The standard InChI is InChI=1S/C18H22O2/c1-13-4-7-15(8-5-13)9-10-17(19)16-12-14(2)6-11-18(16)20-3/h4-8,11-12,17,19H,9-10H2,1-3H3. The number of ether oxygens (including phenoxy) is 1. The zero-order valence-electron chi connectivity index (χ0n) is 12.4. The van der Waals surface area contributed by atoms with Crippen LogP contribution in [-0.4, -0.2) is 12.2 Å². The minimum Gasteiger partial charge on any atom is -0.496 e. The van der Waals surface area contributed by atoms with Gasteiger partial charge in [0.05, 0.1) is 13.2 Å². The van der Waals surface area contributed by atoms with Gasteiger partial charge in [0.25, 0.3) is 0 Å². The van der Waals surface area contributed by atoms with Crippen LogP contribution in [0.3, 0.4) is 0 Å². The molecule has 0 saturated heterocycles. The summed E-state index contributed by atoms with van der Waals surface area (Å²) in [6.45, 7) is 4.10. The molecule has 0 amide bonds. The highest BCUT2D eigenvalue weighted by molar-refractivity contribution is 5.38. The van der Waals surface area contributed by atoms with Gasteiger partial charge in [0.2, 0.25) is 0 Å². The monoisotopic (exact) mass is 270 g/mol. The molecule has 0 fully saturated rings. The van der Waals surface area contributed by atoms with Crippen LogP contribution in [0.4, 0.5) is 0 Å². The summed E-state index contributed by atoms with van der Waals surface area (Å²) in [5, 5.41) is 10.4. The quantitative estimate of drug-likeness (QED) is 0.890. The lowest BCUT2D eigenvalue weighted by Crippen LogP contribution is -2.03. The minimum atomic E-state index is -0.494. The van der Waals surface area contributed by atoms with E-state index in [1.807, 2.05) is 25.1 Å². The van der Waals surface area contributed by atoms with Gasteiger partial charge >= 0.3 is 0 Å². The number of aliphatic hydroxyl groups excluding tert-OH is 1. The predicted octanol–water partition coefficient (Wildman–Crippen LogP) is 3.98. The van der Waals surface area contributed by atoms with E-state index in [1.54, 1.807) is 7.11 Å². The number of methoxy groups -OCH3 is 1. The first-order valence-electron chi connectivity index (χ1n) is 6.98. The third-order valence-electron chi connectivity index (χ3n) is 3.57. The van der Waals surface area contributed by atoms with Gasteiger partial charge in [-0.15, -0.1) is 0 Å². The van der Waals surface area contributed by atoms with Gasteiger partial charge < -0.3 is 9.84 Å². The van der Waals surface area contributed by atoms with Crippen LogP contribution in [0.1, 0.15) is 34.8 Å². The molecule has 1 N–H and O–H groups in total. The average Bonchev–Trinajstić information content (AvgIpc) is 2.46. The molecule has 106 valence electrons. The highest BCUT2D eigenvalue weighted by Crippen LogP contribution is 2.29. The van der Waals surface area contributed by atoms with Gasteiger partial charge in [0.15, 0.2) is 0 Å². The van der Waals surface area contributed by atoms with E-state index in [2.05, 4.69) is 31.2 Å². The molecule has 2 rings (SSSR count). The van der Waals surface area contributed by atoms with E-state index in [4.69, 9.17) is 4.74 Å². The zero-order valence-corrected chi connectivity index (χ0v) is 12.4. The third-order valence-corrected chi connectivity index (χ3v) is 3.57. The van der Waals surface area contributed by atoms with Crippen molar-refractivity contribution in [3.8, 4) is 5.75 Å². The van der Waals surface area contributed by atoms with Crippen molar-refractivity contribution >= 4 is 0 Å². The van der Waals surface area contributed by atoms with Crippen molar-refractivity contribution in [1.29, 1.82) is 0 Å². The van der Waals surface area contributed by atoms with Crippen LogP contribution in [-0.2, 0) is 6.42 Å². The topological polar surface area (TPSA) is 29.5 Å². The van der Waals surface area contributed by atoms with E-state index >= 15 is 0 Å². The van der Waals surface area contributed by atoms with Crippen LogP contribution in [0.15, 0.2) is 42.5 Å². The van der Waals surface area contributed by atoms with Gasteiger partial charge in [0.1, 0.15) is 5.75 Å². The molecular formula is C18H22O2. The van der Waals surface area contributed by atoms with Crippen LogP contribution in [0.25, 0.3) is 0 Å². The van der Waals surface area contributed by atoms with Crippen molar-refractivity contribution in [2.24, 2.45) is 0 Å². The number of benzene rings is 2. The first-order chi connectivity index (χ1) is 9.60. The van der Waals surface area contributed by atoms with Crippen molar-refractivity contribution in [3.05, 3.63) is 64.7 Å². The molecule has 0 spiro atoms. The molecule has 1 atom stereocenters. The van der Waals surface area contributed by atoms with E-state index in [0.29, 0.717) is 6.42 Å². The number of rotatable bonds is 5. The highest BCUT2D eigenvalue weighted by atomic mass is 16.5. The van der Waals surface area contributed by atoms with E-state index in [-0.39, 0.29) is 0 Å². The Morgan fingerprint density at radius 2 is 1.65 bits per heavy atom. The molecule has 2 nitrogen and oxygen atoms in total. The summed E-state index contributed by atoms with van der Waals surface area (Å²) in [5.74, 6) is 0.756. The second kappa shape index (κ2) is 6.58. The van der Waals surface area contributed by atoms with Crippen molar-refractivity contribution in [2.45, 2.75) is 32.8 Å². The van der Waals surface area contributed by atoms with Crippen LogP contribution in [0.5, 0.6) is 5.75 Å². The van der Waals surface area contributed by atoms with E-state index in [1.165, 1.54) is 11.1 Å². The Balaban J connectivity index is 2.06. The van der Waals surface area contributed by atoms with Gasteiger partial charge in [0, 0.05) is 5.56 Å². The lowest BCUT2D eigenvalue weighted by atomic mass is 9.99. The summed E-state index contributed by atoms with van der Waals surface area (Å²) in [6.07, 6.45) is 1.06. The van der Waals surface area contributed by atoms with E-state index < -0.39 is 6.10 Å². The average molecular weight is 270 g/mol. The molecule has 0 heterocycles. The Morgan fingerprint density at radius 1 is 1.00 bits per heavy atom. The summed E-state index contributed by atoms with van der Waals surface area (Å²) < 4.78 is 5.33. The fourth-order valence-corrected chi connectivity index (χ4v) is 2.33. The molecule has 0 radical (unpaired) electrons. The summed E-state index contributed by atoms with van der Waals surface area (Å²) in [5.41, 5.74) is 4.52. The van der Waals surface area contributed by atoms with Crippen LogP contribution in [0, 0.1) is 13.8 Å². The van der Waals surface area contributed by atoms with Crippen LogP contribution < -0.4 is 4.74 Å². The van der Waals surface area contributed by atoms with Crippen LogP contribution in [0.2, 0.25) is 0 Å². The number of aliphatic hydroxyl groups is 1. The van der Waals surface area contributed by atoms with Crippen molar-refractivity contribution in [1.82, 2.24) is 0 Å². The van der Waals surface area contributed by atoms with Crippen molar-refractivity contribution < 1.29 is 9.84 Å². The second-order valence-corrected chi connectivity index (χ2v) is 5.29. The van der Waals surface area contributed by atoms with Gasteiger partial charge in [-0.3, -0.25) is 0 Å². The fourth-order valence-electron chi connectivity index (χ4n) is 2.33. The molecule has 2 aromatic rings. The molecule has 0 aliphatic heterocycles. The fraction of sp³-hybridized carbons (Fsp3) is 0.333. The number of aryl methyl sites for hydroxylation is 3. The Labute approximate surface area is 121 Å². The third kappa shape index (κ3) is 3.61. The number of hydrogen-bond donors (Lipinski definition) is 1. The summed E-state index contributed by atoms with van der Waals surface area (Å²) >= 11 is 0. The zero-order chi connectivity index (χ0) is 14.5. The number of hydrogen-bond acceptors (Lipinski definition) is 2. The van der Waals surface area contributed by atoms with Gasteiger partial charge in [-0.05, 0) is 44.4 Å². The molecule has 0 aliphatic carbocycles. The molecule has 20 heavy (non-hydrogen) atoms. The van der Waals surface area contributed by atoms with Crippen molar-refractivity contribution in [3.63, 3.8) is 0 Å². The molecule has 0 aliphatic rings. The van der Waals surface area contributed by atoms with Gasteiger partial charge in [-0.2, -0.15) is 0 Å². The van der Waals surface area contributed by atoms with Crippen molar-refractivity contribution in [2.75, 3.05) is 7.11 Å². The predicted molar refractivity (Wildman–Crippen MR) is 82.2 cm³/mol. The lowest BCUT2D eigenvalue weighted by molar-refractivity contribution is 0.163. The Bertz CT molecular complexity index is 558. The van der Waals surface area contributed by atoms with E-state index in [9.17, 15) is 5.11 Å². The molecular weight excluding hydrogens is 248 g/mol. The molecule has 2 aromatic carbocycles. The van der Waals surface area contributed by atoms with Gasteiger partial charge in [-0.1, -0.05) is 41.5 Å². The molecule has 0 saturated carbocycles. The lowest BCUT2D eigenvalue weighted by Gasteiger charge is -2.15.